The number of benzene rings is 1. The molecule has 19 heavy (non-hydrogen) atoms. The van der Waals surface area contributed by atoms with Crippen LogP contribution >= 0.6 is 23.8 Å². The summed E-state index contributed by atoms with van der Waals surface area (Å²) in [5.74, 6) is -0.390. The van der Waals surface area contributed by atoms with Gasteiger partial charge in [-0.2, -0.15) is 0 Å². The van der Waals surface area contributed by atoms with Gasteiger partial charge in [0.1, 0.15) is 5.75 Å². The van der Waals surface area contributed by atoms with Gasteiger partial charge in [0, 0.05) is 24.0 Å². The summed E-state index contributed by atoms with van der Waals surface area (Å²) >= 11 is 10.6. The van der Waals surface area contributed by atoms with E-state index in [4.69, 9.17) is 29.6 Å². The third kappa shape index (κ3) is 4.36. The molecule has 0 bridgehead atoms. The van der Waals surface area contributed by atoms with Crippen molar-refractivity contribution in [2.45, 2.75) is 26.3 Å². The number of phenolic OH excluding ortho intramolecular Hbond substituents is 1. The number of carbonyl (C=O) groups excluding carboxylic acids is 1. The van der Waals surface area contributed by atoms with E-state index in [1.165, 1.54) is 12.1 Å². The van der Waals surface area contributed by atoms with Crippen molar-refractivity contribution in [3.63, 3.8) is 0 Å². The predicted octanol–water partition coefficient (Wildman–Crippen LogP) is 2.57. The van der Waals surface area contributed by atoms with Crippen LogP contribution in [-0.2, 0) is 0 Å². The lowest BCUT2D eigenvalue weighted by Gasteiger charge is -2.27. The largest absolute Gasteiger partial charge is 0.507 e. The molecule has 0 unspecified atom stereocenters. The van der Waals surface area contributed by atoms with Gasteiger partial charge < -0.3 is 15.7 Å². The molecule has 0 aromatic heterocycles. The maximum atomic E-state index is 12.4. The van der Waals surface area contributed by atoms with Gasteiger partial charge in [-0.1, -0.05) is 23.8 Å². The van der Waals surface area contributed by atoms with E-state index in [1.807, 2.05) is 13.8 Å². The van der Waals surface area contributed by atoms with Crippen molar-refractivity contribution in [1.82, 2.24) is 4.90 Å². The summed E-state index contributed by atoms with van der Waals surface area (Å²) in [4.78, 5) is 14.3. The van der Waals surface area contributed by atoms with Crippen LogP contribution < -0.4 is 5.73 Å². The Morgan fingerprint density at radius 2 is 2.16 bits per heavy atom. The lowest BCUT2D eigenvalue weighted by molar-refractivity contribution is 0.0708. The minimum Gasteiger partial charge on any atom is -0.507 e. The van der Waals surface area contributed by atoms with Gasteiger partial charge in [-0.25, -0.2) is 0 Å². The van der Waals surface area contributed by atoms with Gasteiger partial charge in [-0.05, 0) is 32.0 Å². The molecule has 0 heterocycles. The SMILES string of the molecule is CC(C)N(CCC(N)=S)C(=O)c1ccc(Cl)cc1O. The zero-order valence-corrected chi connectivity index (χ0v) is 12.5. The zero-order valence-electron chi connectivity index (χ0n) is 10.9. The number of nitrogens with zero attached hydrogens (tertiary/aromatic N) is 1. The smallest absolute Gasteiger partial charge is 0.257 e. The van der Waals surface area contributed by atoms with E-state index >= 15 is 0 Å². The summed E-state index contributed by atoms with van der Waals surface area (Å²) in [5, 5.41) is 10.2. The number of hydrogen-bond donors (Lipinski definition) is 2. The Morgan fingerprint density at radius 1 is 1.53 bits per heavy atom. The molecule has 0 atom stereocenters. The topological polar surface area (TPSA) is 66.6 Å². The van der Waals surface area contributed by atoms with Crippen LogP contribution in [0.2, 0.25) is 5.02 Å². The average Bonchev–Trinajstić information content (AvgIpc) is 2.27. The van der Waals surface area contributed by atoms with Gasteiger partial charge >= 0.3 is 0 Å². The normalized spacial score (nSPS) is 10.5. The molecule has 3 N–H and O–H groups in total. The minimum absolute atomic E-state index is 0.0167. The first-order chi connectivity index (χ1) is 8.82. The van der Waals surface area contributed by atoms with E-state index in [2.05, 4.69) is 0 Å². The molecule has 0 radical (unpaired) electrons. The minimum atomic E-state index is -0.264. The fourth-order valence-electron chi connectivity index (χ4n) is 1.67. The lowest BCUT2D eigenvalue weighted by Crippen LogP contribution is -2.39. The van der Waals surface area contributed by atoms with Crippen LogP contribution in [0.1, 0.15) is 30.6 Å². The molecule has 0 aliphatic rings. The third-order valence-corrected chi connectivity index (χ3v) is 3.11. The highest BCUT2D eigenvalue weighted by Gasteiger charge is 2.21. The predicted molar refractivity (Wildman–Crippen MR) is 80.7 cm³/mol. The number of thiocarbonyl (C=S) groups is 1. The number of amides is 1. The molecule has 1 rings (SSSR count). The molecule has 1 aromatic rings. The molecular weight excluding hydrogens is 284 g/mol. The highest BCUT2D eigenvalue weighted by molar-refractivity contribution is 7.80. The van der Waals surface area contributed by atoms with E-state index in [-0.39, 0.29) is 23.3 Å². The molecule has 1 aromatic carbocycles. The third-order valence-electron chi connectivity index (χ3n) is 2.67. The van der Waals surface area contributed by atoms with Gasteiger partial charge in [-0.3, -0.25) is 4.79 Å². The molecule has 4 nitrogen and oxygen atoms in total. The molecule has 0 spiro atoms. The Labute approximate surface area is 123 Å². The van der Waals surface area contributed by atoms with Crippen molar-refractivity contribution in [3.8, 4) is 5.75 Å². The van der Waals surface area contributed by atoms with Crippen molar-refractivity contribution < 1.29 is 9.90 Å². The Hall–Kier alpha value is -1.33. The summed E-state index contributed by atoms with van der Waals surface area (Å²) in [6.45, 7) is 4.21. The van der Waals surface area contributed by atoms with E-state index in [0.717, 1.165) is 0 Å². The zero-order chi connectivity index (χ0) is 14.6. The summed E-state index contributed by atoms with van der Waals surface area (Å²) in [5.41, 5.74) is 5.68. The molecule has 1 amide bonds. The van der Waals surface area contributed by atoms with Crippen LogP contribution in [0.3, 0.4) is 0 Å². The quantitative estimate of drug-likeness (QED) is 0.820. The number of rotatable bonds is 5. The Balaban J connectivity index is 2.95. The molecule has 104 valence electrons. The number of nitrogens with two attached hydrogens (primary N) is 1. The number of phenols is 1. The van der Waals surface area contributed by atoms with E-state index < -0.39 is 0 Å². The molecular formula is C13H17ClN2O2S. The number of carbonyl (C=O) groups is 1. The molecule has 0 fully saturated rings. The van der Waals surface area contributed by atoms with Gasteiger partial charge in [0.05, 0.1) is 10.6 Å². The van der Waals surface area contributed by atoms with Crippen LogP contribution in [0.15, 0.2) is 18.2 Å². The summed E-state index contributed by atoms with van der Waals surface area (Å²) < 4.78 is 0. The number of halogens is 1. The monoisotopic (exact) mass is 300 g/mol. The Morgan fingerprint density at radius 3 is 2.63 bits per heavy atom. The highest BCUT2D eigenvalue weighted by Crippen LogP contribution is 2.24. The number of aromatic hydroxyl groups is 1. The van der Waals surface area contributed by atoms with Crippen molar-refractivity contribution in [2.75, 3.05) is 6.54 Å². The van der Waals surface area contributed by atoms with Crippen LogP contribution in [0.4, 0.5) is 0 Å². The van der Waals surface area contributed by atoms with Crippen molar-refractivity contribution >= 4 is 34.7 Å². The first-order valence-corrected chi connectivity index (χ1v) is 6.69. The standard InChI is InChI=1S/C13H17ClN2O2S/c1-8(2)16(6-5-12(15)19)13(18)10-4-3-9(14)7-11(10)17/h3-4,7-8,17H,5-6H2,1-2H3,(H2,15,19). The second-order valence-corrected chi connectivity index (χ2v) is 5.43. The van der Waals surface area contributed by atoms with E-state index in [0.29, 0.717) is 23.0 Å². The van der Waals surface area contributed by atoms with E-state index in [1.54, 1.807) is 11.0 Å². The summed E-state index contributed by atoms with van der Waals surface area (Å²) in [6.07, 6.45) is 0.452. The fraction of sp³-hybridized carbons (Fsp3) is 0.385. The van der Waals surface area contributed by atoms with Crippen LogP contribution in [-0.4, -0.2) is 33.5 Å². The maximum Gasteiger partial charge on any atom is 0.257 e. The Bertz CT molecular complexity index is 492. The van der Waals surface area contributed by atoms with Gasteiger partial charge in [0.15, 0.2) is 0 Å². The van der Waals surface area contributed by atoms with Crippen LogP contribution in [0, 0.1) is 0 Å². The molecule has 0 saturated heterocycles. The summed E-state index contributed by atoms with van der Waals surface area (Å²) in [7, 11) is 0. The lowest BCUT2D eigenvalue weighted by atomic mass is 10.1. The number of hydrogen-bond acceptors (Lipinski definition) is 3. The average molecular weight is 301 g/mol. The summed E-state index contributed by atoms with van der Waals surface area (Å²) in [6, 6.07) is 4.41. The fourth-order valence-corrected chi connectivity index (χ4v) is 1.92. The molecule has 0 saturated carbocycles. The second kappa shape index (κ2) is 6.73. The highest BCUT2D eigenvalue weighted by atomic mass is 35.5. The van der Waals surface area contributed by atoms with Crippen molar-refractivity contribution in [1.29, 1.82) is 0 Å². The van der Waals surface area contributed by atoms with Crippen molar-refractivity contribution in [3.05, 3.63) is 28.8 Å². The molecule has 6 heteroatoms. The Kier molecular flexibility index (Phi) is 5.57. The van der Waals surface area contributed by atoms with E-state index in [9.17, 15) is 9.90 Å². The van der Waals surface area contributed by atoms with Gasteiger partial charge in [0.2, 0.25) is 0 Å². The molecule has 0 aliphatic carbocycles. The van der Waals surface area contributed by atoms with Crippen molar-refractivity contribution in [2.24, 2.45) is 5.73 Å². The van der Waals surface area contributed by atoms with Gasteiger partial charge in [-0.15, -0.1) is 0 Å². The molecule has 0 aliphatic heterocycles. The first kappa shape index (κ1) is 15.7. The first-order valence-electron chi connectivity index (χ1n) is 5.90. The van der Waals surface area contributed by atoms with Crippen LogP contribution in [0.25, 0.3) is 0 Å². The maximum absolute atomic E-state index is 12.4. The second-order valence-electron chi connectivity index (χ2n) is 4.47. The van der Waals surface area contributed by atoms with Gasteiger partial charge in [0.25, 0.3) is 5.91 Å². The van der Waals surface area contributed by atoms with Crippen LogP contribution in [0.5, 0.6) is 5.75 Å².